The number of ether oxygens (including phenoxy) is 1. The molecule has 1 unspecified atom stereocenters. The number of hydrogen-bond acceptors (Lipinski definition) is 1. The van der Waals surface area contributed by atoms with Gasteiger partial charge in [0.05, 0.1) is 6.61 Å². The Kier molecular flexibility index (Phi) is 10.1. The maximum Gasteiger partial charge on any atom is 0.391 e. The fourth-order valence-electron chi connectivity index (χ4n) is 6.33. The van der Waals surface area contributed by atoms with E-state index in [1.165, 1.54) is 81.9 Å². The average molecular weight is 515 g/mol. The SMILES string of the molecule is CCCCCC1CCC(c2ccc(C(F)C(F)(F)OCc3ccc(C4CCC(C)CC4)cc3)cc2)CC1. The molecule has 1 atom stereocenters. The monoisotopic (exact) mass is 514 g/mol. The van der Waals surface area contributed by atoms with Gasteiger partial charge in [0.2, 0.25) is 6.17 Å². The molecule has 0 spiro atoms. The van der Waals surface area contributed by atoms with Crippen LogP contribution in [0.25, 0.3) is 0 Å². The lowest BCUT2D eigenvalue weighted by Gasteiger charge is -2.29. The average Bonchev–Trinajstić information content (AvgIpc) is 2.93. The van der Waals surface area contributed by atoms with Crippen molar-refractivity contribution in [2.75, 3.05) is 0 Å². The number of unbranched alkanes of at least 4 members (excludes halogenated alkanes) is 2. The second-order valence-corrected chi connectivity index (χ2v) is 11.8. The van der Waals surface area contributed by atoms with Gasteiger partial charge in [-0.1, -0.05) is 101 Å². The summed E-state index contributed by atoms with van der Waals surface area (Å²) in [6.07, 6.45) is 8.40. The van der Waals surface area contributed by atoms with Gasteiger partial charge in [-0.2, -0.15) is 8.78 Å². The lowest BCUT2D eigenvalue weighted by atomic mass is 9.77. The van der Waals surface area contributed by atoms with Crippen molar-refractivity contribution in [3.05, 3.63) is 70.8 Å². The highest BCUT2D eigenvalue weighted by atomic mass is 19.3. The topological polar surface area (TPSA) is 9.23 Å². The fourth-order valence-corrected chi connectivity index (χ4v) is 6.33. The summed E-state index contributed by atoms with van der Waals surface area (Å²) in [6, 6.07) is 14.4. The molecule has 4 rings (SSSR count). The lowest BCUT2D eigenvalue weighted by molar-refractivity contribution is -0.282. The molecule has 2 aromatic rings. The lowest BCUT2D eigenvalue weighted by Crippen LogP contribution is -2.27. The van der Waals surface area contributed by atoms with Gasteiger partial charge in [0.25, 0.3) is 0 Å². The highest BCUT2D eigenvalue weighted by Gasteiger charge is 2.43. The standard InChI is InChI=1S/C33H45F3O/c1-3-4-5-6-25-9-15-28(16-10-25)30-19-21-31(22-20-30)32(34)33(35,36)37-23-26-11-17-29(18-12-26)27-13-7-24(2)8-14-27/h11-12,17-22,24-25,27-28,32H,3-10,13-16,23H2,1-2H3. The van der Waals surface area contributed by atoms with E-state index in [0.717, 1.165) is 30.2 Å². The van der Waals surface area contributed by atoms with Gasteiger partial charge in [-0.15, -0.1) is 0 Å². The predicted molar refractivity (Wildman–Crippen MR) is 146 cm³/mol. The van der Waals surface area contributed by atoms with Gasteiger partial charge in [0.15, 0.2) is 0 Å². The predicted octanol–water partition coefficient (Wildman–Crippen LogP) is 10.7. The quantitative estimate of drug-likeness (QED) is 0.271. The van der Waals surface area contributed by atoms with Crippen molar-refractivity contribution in [3.63, 3.8) is 0 Å². The Morgan fingerprint density at radius 1 is 0.784 bits per heavy atom. The number of hydrogen-bond donors (Lipinski definition) is 0. The summed E-state index contributed by atoms with van der Waals surface area (Å²) in [6.45, 7) is 4.22. The normalized spacial score (nSPS) is 25.6. The molecule has 4 heteroatoms. The van der Waals surface area contributed by atoms with Gasteiger partial charge >= 0.3 is 6.11 Å². The zero-order valence-corrected chi connectivity index (χ0v) is 22.7. The van der Waals surface area contributed by atoms with Crippen molar-refractivity contribution in [1.29, 1.82) is 0 Å². The molecular formula is C33H45F3O. The maximum atomic E-state index is 14.9. The molecular weight excluding hydrogens is 469 g/mol. The number of halogens is 3. The summed E-state index contributed by atoms with van der Waals surface area (Å²) in [5.74, 6) is 2.61. The van der Waals surface area contributed by atoms with Crippen LogP contribution in [0.3, 0.4) is 0 Å². The molecule has 37 heavy (non-hydrogen) atoms. The Hall–Kier alpha value is -1.81. The Morgan fingerprint density at radius 3 is 1.89 bits per heavy atom. The van der Waals surface area contributed by atoms with E-state index in [-0.39, 0.29) is 12.2 Å². The first-order valence-corrected chi connectivity index (χ1v) is 14.7. The van der Waals surface area contributed by atoms with Gasteiger partial charge in [0.1, 0.15) is 0 Å². The first-order chi connectivity index (χ1) is 17.9. The Balaban J connectivity index is 1.26. The van der Waals surface area contributed by atoms with Crippen LogP contribution in [0.1, 0.15) is 131 Å². The third kappa shape index (κ3) is 7.85. The first kappa shape index (κ1) is 28.2. The van der Waals surface area contributed by atoms with Crippen molar-refractivity contribution >= 4 is 0 Å². The first-order valence-electron chi connectivity index (χ1n) is 14.7. The van der Waals surface area contributed by atoms with E-state index >= 15 is 0 Å². The van der Waals surface area contributed by atoms with Crippen LogP contribution in [0.2, 0.25) is 0 Å². The fraction of sp³-hybridized carbons (Fsp3) is 0.636. The Labute approximate surface area is 222 Å². The molecule has 2 aliphatic carbocycles. The number of benzene rings is 2. The summed E-state index contributed by atoms with van der Waals surface area (Å²) in [4.78, 5) is 0. The minimum absolute atomic E-state index is 0.0242. The number of rotatable bonds is 11. The summed E-state index contributed by atoms with van der Waals surface area (Å²) in [5, 5.41) is 0. The zero-order chi connectivity index (χ0) is 26.3. The second kappa shape index (κ2) is 13.3. The Morgan fingerprint density at radius 2 is 1.32 bits per heavy atom. The van der Waals surface area contributed by atoms with Crippen LogP contribution in [0.4, 0.5) is 13.2 Å². The van der Waals surface area contributed by atoms with E-state index in [9.17, 15) is 13.2 Å². The van der Waals surface area contributed by atoms with Gasteiger partial charge in [0, 0.05) is 0 Å². The maximum absolute atomic E-state index is 14.9. The second-order valence-electron chi connectivity index (χ2n) is 11.8. The molecule has 0 aliphatic heterocycles. The van der Waals surface area contributed by atoms with Gasteiger partial charge < -0.3 is 4.74 Å². The molecule has 0 saturated heterocycles. The minimum atomic E-state index is -3.88. The van der Waals surface area contributed by atoms with Crippen molar-refractivity contribution in [1.82, 2.24) is 0 Å². The van der Waals surface area contributed by atoms with E-state index in [2.05, 4.69) is 13.8 Å². The van der Waals surface area contributed by atoms with Gasteiger partial charge in [-0.05, 0) is 84.5 Å². The van der Waals surface area contributed by atoms with E-state index in [4.69, 9.17) is 4.74 Å². The highest BCUT2D eigenvalue weighted by Crippen LogP contribution is 2.41. The molecule has 2 saturated carbocycles. The summed E-state index contributed by atoms with van der Waals surface area (Å²) in [7, 11) is 0. The van der Waals surface area contributed by atoms with Gasteiger partial charge in [-0.25, -0.2) is 4.39 Å². The van der Waals surface area contributed by atoms with Crippen molar-refractivity contribution in [2.45, 2.75) is 122 Å². The summed E-state index contributed by atoms with van der Waals surface area (Å²) < 4.78 is 48.9. The molecule has 0 aromatic heterocycles. The zero-order valence-electron chi connectivity index (χ0n) is 22.7. The van der Waals surface area contributed by atoms with Crippen molar-refractivity contribution in [3.8, 4) is 0 Å². The molecule has 0 bridgehead atoms. The largest absolute Gasteiger partial charge is 0.391 e. The highest BCUT2D eigenvalue weighted by molar-refractivity contribution is 5.28. The van der Waals surface area contributed by atoms with Crippen LogP contribution >= 0.6 is 0 Å². The van der Waals surface area contributed by atoms with E-state index < -0.39 is 12.3 Å². The summed E-state index contributed by atoms with van der Waals surface area (Å²) in [5.41, 5.74) is 3.01. The van der Waals surface area contributed by atoms with Crippen molar-refractivity contribution < 1.29 is 17.9 Å². The third-order valence-corrected chi connectivity index (χ3v) is 8.96. The van der Waals surface area contributed by atoms with Crippen LogP contribution in [0, 0.1) is 11.8 Å². The van der Waals surface area contributed by atoms with E-state index in [0.29, 0.717) is 17.4 Å². The summed E-state index contributed by atoms with van der Waals surface area (Å²) >= 11 is 0. The molecule has 2 fully saturated rings. The molecule has 0 amide bonds. The molecule has 204 valence electrons. The van der Waals surface area contributed by atoms with Crippen LogP contribution in [0.15, 0.2) is 48.5 Å². The third-order valence-electron chi connectivity index (χ3n) is 8.96. The molecule has 2 aromatic carbocycles. The molecule has 0 N–H and O–H groups in total. The van der Waals surface area contributed by atoms with Crippen LogP contribution in [-0.4, -0.2) is 6.11 Å². The number of alkyl halides is 3. The van der Waals surface area contributed by atoms with Crippen LogP contribution in [0.5, 0.6) is 0 Å². The van der Waals surface area contributed by atoms with Crippen LogP contribution < -0.4 is 0 Å². The molecule has 2 aliphatic rings. The smallest absolute Gasteiger partial charge is 0.313 e. The Bertz CT molecular complexity index is 923. The molecule has 1 nitrogen and oxygen atoms in total. The van der Waals surface area contributed by atoms with Crippen LogP contribution in [-0.2, 0) is 11.3 Å². The molecule has 0 radical (unpaired) electrons. The van der Waals surface area contributed by atoms with E-state index in [1.54, 1.807) is 0 Å². The van der Waals surface area contributed by atoms with Crippen molar-refractivity contribution in [2.24, 2.45) is 11.8 Å². The van der Waals surface area contributed by atoms with Gasteiger partial charge in [-0.3, -0.25) is 0 Å². The molecule has 0 heterocycles. The minimum Gasteiger partial charge on any atom is -0.313 e. The van der Waals surface area contributed by atoms with E-state index in [1.807, 2.05) is 36.4 Å².